The fourth-order valence-corrected chi connectivity index (χ4v) is 2.35. The Labute approximate surface area is 114 Å². The largest absolute Gasteiger partial charge is 0.459 e. The van der Waals surface area contributed by atoms with E-state index in [2.05, 4.69) is 9.73 Å². The Morgan fingerprint density at radius 3 is 2.70 bits per heavy atom. The molecule has 0 saturated heterocycles. The third-order valence-corrected chi connectivity index (χ3v) is 3.64. The first-order valence-electron chi connectivity index (χ1n) is 6.34. The van der Waals surface area contributed by atoms with Crippen LogP contribution in [0.1, 0.15) is 41.8 Å². The summed E-state index contributed by atoms with van der Waals surface area (Å²) in [4.78, 5) is 12.0. The van der Waals surface area contributed by atoms with E-state index < -0.39 is 28.9 Å². The molecule has 0 unspecified atom stereocenters. The second kappa shape index (κ2) is 5.47. The molecular formula is C13H16F3NO3. The number of ether oxygens (including phenoxy) is 1. The maximum Gasteiger partial charge on any atom is 0.450 e. The first-order chi connectivity index (χ1) is 9.38. The highest BCUT2D eigenvalue weighted by Gasteiger charge is 2.42. The van der Waals surface area contributed by atoms with Crippen LogP contribution in [0.3, 0.4) is 0 Å². The average Bonchev–Trinajstić information content (AvgIpc) is 2.81. The van der Waals surface area contributed by atoms with E-state index >= 15 is 0 Å². The van der Waals surface area contributed by atoms with E-state index in [9.17, 15) is 18.0 Å². The van der Waals surface area contributed by atoms with Crippen LogP contribution < -0.4 is 5.32 Å². The van der Waals surface area contributed by atoms with Crippen molar-refractivity contribution >= 4 is 5.91 Å². The van der Waals surface area contributed by atoms with Gasteiger partial charge in [-0.1, -0.05) is 0 Å². The first-order valence-corrected chi connectivity index (χ1v) is 6.34. The normalized spacial score (nSPS) is 17.6. The molecule has 0 radical (unpaired) electrons. The van der Waals surface area contributed by atoms with Gasteiger partial charge in [0.1, 0.15) is 0 Å². The zero-order valence-corrected chi connectivity index (χ0v) is 11.0. The van der Waals surface area contributed by atoms with Crippen LogP contribution in [0.15, 0.2) is 16.7 Å². The average molecular weight is 291 g/mol. The minimum absolute atomic E-state index is 0.451. The number of alkyl halides is 3. The Kier molecular flexibility index (Phi) is 4.08. The van der Waals surface area contributed by atoms with Crippen LogP contribution >= 0.6 is 0 Å². The predicted octanol–water partition coefficient (Wildman–Crippen LogP) is 2.99. The first kappa shape index (κ1) is 14.9. The van der Waals surface area contributed by atoms with E-state index in [1.165, 1.54) is 0 Å². The summed E-state index contributed by atoms with van der Waals surface area (Å²) in [6.07, 6.45) is -0.756. The molecule has 1 aromatic rings. The van der Waals surface area contributed by atoms with Gasteiger partial charge in [-0.3, -0.25) is 4.79 Å². The minimum atomic E-state index is -4.67. The Bertz CT molecular complexity index is 477. The molecule has 7 heteroatoms. The number of furan rings is 1. The van der Waals surface area contributed by atoms with Crippen molar-refractivity contribution in [3.63, 3.8) is 0 Å². The molecule has 0 aliphatic heterocycles. The fourth-order valence-electron chi connectivity index (χ4n) is 2.35. The summed E-state index contributed by atoms with van der Waals surface area (Å²) in [5, 5.41) is 2.70. The number of hydrogen-bond donors (Lipinski definition) is 1. The Balaban J connectivity index is 2.10. The monoisotopic (exact) mass is 291 g/mol. The maximum atomic E-state index is 12.7. The third kappa shape index (κ3) is 2.98. The predicted molar refractivity (Wildman–Crippen MR) is 64.3 cm³/mol. The molecule has 0 atom stereocenters. The molecule has 1 amide bonds. The van der Waals surface area contributed by atoms with Crippen LogP contribution in [0.4, 0.5) is 13.2 Å². The van der Waals surface area contributed by atoms with Gasteiger partial charge in [-0.15, -0.1) is 0 Å². The highest BCUT2D eigenvalue weighted by Crippen LogP contribution is 2.37. The van der Waals surface area contributed by atoms with Gasteiger partial charge in [-0.2, -0.15) is 13.2 Å². The number of halogens is 3. The van der Waals surface area contributed by atoms with Crippen molar-refractivity contribution in [1.82, 2.24) is 5.32 Å². The van der Waals surface area contributed by atoms with Crippen molar-refractivity contribution in [2.24, 2.45) is 0 Å². The summed E-state index contributed by atoms with van der Waals surface area (Å²) < 4.78 is 47.4. The number of methoxy groups -OCH3 is 1. The van der Waals surface area contributed by atoms with Crippen molar-refractivity contribution < 1.29 is 27.1 Å². The molecule has 1 fully saturated rings. The molecule has 1 aromatic heterocycles. The van der Waals surface area contributed by atoms with E-state index in [0.29, 0.717) is 13.0 Å². The van der Waals surface area contributed by atoms with Crippen molar-refractivity contribution in [3.05, 3.63) is 23.7 Å². The number of hydrogen-bond acceptors (Lipinski definition) is 3. The van der Waals surface area contributed by atoms with Gasteiger partial charge in [0.25, 0.3) is 5.91 Å². The van der Waals surface area contributed by atoms with E-state index in [4.69, 9.17) is 4.74 Å². The van der Waals surface area contributed by atoms with Crippen LogP contribution in [0.25, 0.3) is 0 Å². The van der Waals surface area contributed by atoms with Crippen LogP contribution in [-0.4, -0.2) is 25.2 Å². The van der Waals surface area contributed by atoms with E-state index in [1.54, 1.807) is 7.11 Å². The summed E-state index contributed by atoms with van der Waals surface area (Å²) in [5.74, 6) is -2.00. The van der Waals surface area contributed by atoms with Gasteiger partial charge in [0, 0.05) is 19.3 Å². The van der Waals surface area contributed by atoms with Crippen molar-refractivity contribution in [1.29, 1.82) is 0 Å². The fraction of sp³-hybridized carbons (Fsp3) is 0.615. The Morgan fingerprint density at radius 1 is 1.50 bits per heavy atom. The van der Waals surface area contributed by atoms with E-state index in [-0.39, 0.29) is 0 Å². The SMILES string of the molecule is COCCC1(NC(=O)c2ccoc2C(F)(F)F)CCC1. The van der Waals surface area contributed by atoms with Gasteiger partial charge in [0.2, 0.25) is 5.76 Å². The third-order valence-electron chi connectivity index (χ3n) is 3.64. The standard InChI is InChI=1S/C13H16F3NO3/c1-19-8-6-12(4-2-5-12)17-11(18)9-3-7-20-10(9)13(14,15)16/h3,7H,2,4-6,8H2,1H3,(H,17,18). The van der Waals surface area contributed by atoms with Crippen molar-refractivity contribution in [3.8, 4) is 0 Å². The molecule has 1 aliphatic carbocycles. The zero-order valence-electron chi connectivity index (χ0n) is 11.0. The lowest BCUT2D eigenvalue weighted by Crippen LogP contribution is -2.54. The molecule has 1 aliphatic rings. The lowest BCUT2D eigenvalue weighted by molar-refractivity contribution is -0.153. The van der Waals surface area contributed by atoms with Gasteiger partial charge in [-0.25, -0.2) is 0 Å². The Morgan fingerprint density at radius 2 is 2.20 bits per heavy atom. The topological polar surface area (TPSA) is 51.5 Å². The second-order valence-electron chi connectivity index (χ2n) is 4.99. The van der Waals surface area contributed by atoms with Crippen molar-refractivity contribution in [2.75, 3.05) is 13.7 Å². The van der Waals surface area contributed by atoms with Gasteiger partial charge in [-0.05, 0) is 31.7 Å². The van der Waals surface area contributed by atoms with E-state index in [1.807, 2.05) is 0 Å². The second-order valence-corrected chi connectivity index (χ2v) is 4.99. The van der Waals surface area contributed by atoms with Gasteiger partial charge in [0.15, 0.2) is 0 Å². The zero-order chi connectivity index (χ0) is 14.8. The summed E-state index contributed by atoms with van der Waals surface area (Å²) in [5.41, 5.74) is -0.922. The quantitative estimate of drug-likeness (QED) is 0.907. The molecule has 112 valence electrons. The van der Waals surface area contributed by atoms with E-state index in [0.717, 1.165) is 31.6 Å². The molecule has 4 nitrogen and oxygen atoms in total. The maximum absolute atomic E-state index is 12.7. The minimum Gasteiger partial charge on any atom is -0.459 e. The molecule has 1 saturated carbocycles. The summed E-state index contributed by atoms with van der Waals surface area (Å²) in [7, 11) is 1.55. The molecular weight excluding hydrogens is 275 g/mol. The summed E-state index contributed by atoms with van der Waals surface area (Å²) >= 11 is 0. The van der Waals surface area contributed by atoms with Crippen LogP contribution in [0, 0.1) is 0 Å². The molecule has 0 aromatic carbocycles. The highest BCUT2D eigenvalue weighted by molar-refractivity contribution is 5.95. The van der Waals surface area contributed by atoms with Crippen LogP contribution in [0.5, 0.6) is 0 Å². The van der Waals surface area contributed by atoms with Crippen LogP contribution in [-0.2, 0) is 10.9 Å². The summed E-state index contributed by atoms with van der Waals surface area (Å²) in [6, 6.07) is 1.04. The lowest BCUT2D eigenvalue weighted by atomic mass is 9.74. The molecule has 0 spiro atoms. The molecule has 20 heavy (non-hydrogen) atoms. The summed E-state index contributed by atoms with van der Waals surface area (Å²) in [6.45, 7) is 0.456. The van der Waals surface area contributed by atoms with Crippen LogP contribution in [0.2, 0.25) is 0 Å². The molecule has 1 N–H and O–H groups in total. The lowest BCUT2D eigenvalue weighted by Gasteiger charge is -2.42. The number of carbonyl (C=O) groups is 1. The molecule has 2 rings (SSSR count). The van der Waals surface area contributed by atoms with Gasteiger partial charge >= 0.3 is 6.18 Å². The number of carbonyl (C=O) groups excluding carboxylic acids is 1. The Hall–Kier alpha value is -1.50. The van der Waals surface area contributed by atoms with Crippen molar-refractivity contribution in [2.45, 2.75) is 37.4 Å². The molecule has 0 bridgehead atoms. The number of amides is 1. The molecule has 1 heterocycles. The smallest absolute Gasteiger partial charge is 0.450 e. The number of nitrogens with one attached hydrogen (secondary N) is 1. The number of rotatable bonds is 5. The van der Waals surface area contributed by atoms with Gasteiger partial charge < -0.3 is 14.5 Å². The van der Waals surface area contributed by atoms with Gasteiger partial charge in [0.05, 0.1) is 11.8 Å². The highest BCUT2D eigenvalue weighted by atomic mass is 19.4.